The fourth-order valence-corrected chi connectivity index (χ4v) is 3.45. The second-order valence-corrected chi connectivity index (χ2v) is 7.18. The molecule has 148 valence electrons. The molecule has 1 heterocycles. The number of hydrogen-bond acceptors (Lipinski definition) is 5. The van der Waals surface area contributed by atoms with E-state index in [0.29, 0.717) is 30.5 Å². The smallest absolute Gasteiger partial charge is 0.191 e. The molecule has 2 rings (SSSR count). The lowest BCUT2D eigenvalue weighted by atomic mass is 10.1. The highest BCUT2D eigenvalue weighted by Gasteiger charge is 2.12. The molecule has 1 atom stereocenters. The Bertz CT molecular complexity index is 746. The highest BCUT2D eigenvalue weighted by atomic mass is 32.1. The normalized spacial score (nSPS) is 12.6. The zero-order valence-corrected chi connectivity index (χ0v) is 17.2. The van der Waals surface area contributed by atoms with Crippen LogP contribution in [0, 0.1) is 0 Å². The maximum Gasteiger partial charge on any atom is 0.191 e. The summed E-state index contributed by atoms with van der Waals surface area (Å²) in [6.07, 6.45) is 0.353. The second-order valence-electron chi connectivity index (χ2n) is 5.93. The van der Waals surface area contributed by atoms with E-state index < -0.39 is 6.10 Å². The van der Waals surface area contributed by atoms with Crippen molar-refractivity contribution in [3.05, 3.63) is 45.6 Å². The van der Waals surface area contributed by atoms with Crippen molar-refractivity contribution in [3.8, 4) is 11.5 Å². The number of hydrogen-bond donors (Lipinski definition) is 3. The molecule has 2 aromatic rings. The number of aliphatic hydroxyl groups is 1. The molecule has 7 heteroatoms. The predicted molar refractivity (Wildman–Crippen MR) is 111 cm³/mol. The van der Waals surface area contributed by atoms with E-state index in [-0.39, 0.29) is 0 Å². The van der Waals surface area contributed by atoms with Gasteiger partial charge in [-0.15, -0.1) is 11.3 Å². The average molecular weight is 392 g/mol. The molecule has 0 bridgehead atoms. The SMILES string of the molecule is CCNC(=NCc1ccc(CC)s1)NCC(O)c1ccc(OC)c(OC)c1. The molecule has 1 unspecified atom stereocenters. The van der Waals surface area contributed by atoms with Crippen LogP contribution in [0.15, 0.2) is 35.3 Å². The molecule has 0 radical (unpaired) electrons. The number of rotatable bonds is 9. The third-order valence-corrected chi connectivity index (χ3v) is 5.27. The van der Waals surface area contributed by atoms with Crippen molar-refractivity contribution in [2.24, 2.45) is 4.99 Å². The molecule has 0 aliphatic carbocycles. The Labute approximate surface area is 165 Å². The van der Waals surface area contributed by atoms with Crippen LogP contribution in [0.3, 0.4) is 0 Å². The van der Waals surface area contributed by atoms with Crippen molar-refractivity contribution in [2.75, 3.05) is 27.3 Å². The maximum atomic E-state index is 10.5. The lowest BCUT2D eigenvalue weighted by molar-refractivity contribution is 0.180. The molecule has 0 saturated heterocycles. The largest absolute Gasteiger partial charge is 0.493 e. The first-order valence-electron chi connectivity index (χ1n) is 9.11. The van der Waals surface area contributed by atoms with Crippen molar-refractivity contribution < 1.29 is 14.6 Å². The van der Waals surface area contributed by atoms with Crippen LogP contribution in [0.4, 0.5) is 0 Å². The average Bonchev–Trinajstić information content (AvgIpc) is 3.17. The van der Waals surface area contributed by atoms with E-state index in [1.807, 2.05) is 13.0 Å². The lowest BCUT2D eigenvalue weighted by Crippen LogP contribution is -2.39. The monoisotopic (exact) mass is 391 g/mol. The van der Waals surface area contributed by atoms with E-state index >= 15 is 0 Å². The zero-order valence-electron chi connectivity index (χ0n) is 16.4. The predicted octanol–water partition coefficient (Wildman–Crippen LogP) is 3.12. The van der Waals surface area contributed by atoms with Crippen LogP contribution in [-0.4, -0.2) is 38.4 Å². The number of thiophene rings is 1. The van der Waals surface area contributed by atoms with Gasteiger partial charge in [0.1, 0.15) is 0 Å². The molecule has 0 aliphatic rings. The molecule has 1 aromatic carbocycles. The summed E-state index contributed by atoms with van der Waals surface area (Å²) in [7, 11) is 3.17. The Balaban J connectivity index is 1.98. The Morgan fingerprint density at radius 3 is 2.44 bits per heavy atom. The van der Waals surface area contributed by atoms with Gasteiger partial charge in [0.05, 0.1) is 26.9 Å². The summed E-state index contributed by atoms with van der Waals surface area (Å²) in [5, 5.41) is 16.9. The molecule has 0 fully saturated rings. The highest BCUT2D eigenvalue weighted by Crippen LogP contribution is 2.29. The van der Waals surface area contributed by atoms with Gasteiger partial charge in [-0.05, 0) is 43.2 Å². The Hall–Kier alpha value is -2.25. The quantitative estimate of drug-likeness (QED) is 0.452. The van der Waals surface area contributed by atoms with Gasteiger partial charge in [-0.1, -0.05) is 13.0 Å². The van der Waals surface area contributed by atoms with E-state index in [2.05, 4.69) is 34.7 Å². The zero-order chi connectivity index (χ0) is 19.6. The van der Waals surface area contributed by atoms with E-state index in [1.165, 1.54) is 9.75 Å². The van der Waals surface area contributed by atoms with Crippen LogP contribution < -0.4 is 20.1 Å². The molecule has 0 saturated carbocycles. The van der Waals surface area contributed by atoms with Crippen LogP contribution in [0.1, 0.15) is 35.3 Å². The van der Waals surface area contributed by atoms with Crippen molar-refractivity contribution in [1.82, 2.24) is 10.6 Å². The summed E-state index contributed by atoms with van der Waals surface area (Å²) < 4.78 is 10.5. The van der Waals surface area contributed by atoms with Gasteiger partial charge in [0, 0.05) is 22.8 Å². The van der Waals surface area contributed by atoms with E-state index in [0.717, 1.165) is 18.5 Å². The van der Waals surface area contributed by atoms with Crippen molar-refractivity contribution in [3.63, 3.8) is 0 Å². The first-order chi connectivity index (χ1) is 13.1. The molecule has 0 spiro atoms. The number of methoxy groups -OCH3 is 2. The lowest BCUT2D eigenvalue weighted by Gasteiger charge is -2.17. The van der Waals surface area contributed by atoms with E-state index in [9.17, 15) is 5.11 Å². The minimum absolute atomic E-state index is 0.339. The van der Waals surface area contributed by atoms with Gasteiger partial charge in [0.25, 0.3) is 0 Å². The Kier molecular flexibility index (Phi) is 8.42. The topological polar surface area (TPSA) is 75.1 Å². The standard InChI is InChI=1S/C20H29N3O3S/c1-5-15-8-9-16(27-15)12-22-20(21-6-2)23-13-17(24)14-7-10-18(25-3)19(11-14)26-4/h7-11,17,24H,5-6,12-13H2,1-4H3,(H2,21,22,23). The number of benzene rings is 1. The van der Waals surface area contributed by atoms with E-state index in [4.69, 9.17) is 9.47 Å². The Morgan fingerprint density at radius 1 is 1.07 bits per heavy atom. The van der Waals surface area contributed by atoms with Crippen LogP contribution >= 0.6 is 11.3 Å². The number of aliphatic imine (C=N–C) groups is 1. The molecular weight excluding hydrogens is 362 g/mol. The first-order valence-corrected chi connectivity index (χ1v) is 9.92. The summed E-state index contributed by atoms with van der Waals surface area (Å²) in [5.74, 6) is 1.92. The summed E-state index contributed by atoms with van der Waals surface area (Å²) in [4.78, 5) is 7.20. The number of ether oxygens (including phenoxy) is 2. The molecule has 3 N–H and O–H groups in total. The van der Waals surface area contributed by atoms with Crippen LogP contribution in [-0.2, 0) is 13.0 Å². The van der Waals surface area contributed by atoms with Crippen LogP contribution in [0.5, 0.6) is 11.5 Å². The number of guanidine groups is 1. The molecular formula is C20H29N3O3S. The van der Waals surface area contributed by atoms with Crippen LogP contribution in [0.2, 0.25) is 0 Å². The minimum atomic E-state index is -0.693. The van der Waals surface area contributed by atoms with Gasteiger partial charge >= 0.3 is 0 Å². The van der Waals surface area contributed by atoms with Crippen LogP contribution in [0.25, 0.3) is 0 Å². The number of aliphatic hydroxyl groups excluding tert-OH is 1. The van der Waals surface area contributed by atoms with Gasteiger partial charge in [-0.3, -0.25) is 0 Å². The molecule has 0 aliphatic heterocycles. The van der Waals surface area contributed by atoms with Crippen molar-refractivity contribution >= 4 is 17.3 Å². The molecule has 0 amide bonds. The van der Waals surface area contributed by atoms with Gasteiger partial charge in [0.15, 0.2) is 17.5 Å². The summed E-state index contributed by atoms with van der Waals surface area (Å²) in [5.41, 5.74) is 0.752. The number of nitrogens with zero attached hydrogens (tertiary/aromatic N) is 1. The first kappa shape index (κ1) is 21.1. The second kappa shape index (κ2) is 10.8. The Morgan fingerprint density at radius 2 is 1.81 bits per heavy atom. The summed E-state index contributed by atoms with van der Waals surface area (Å²) >= 11 is 1.78. The highest BCUT2D eigenvalue weighted by molar-refractivity contribution is 7.11. The fraction of sp³-hybridized carbons (Fsp3) is 0.450. The van der Waals surface area contributed by atoms with Crippen molar-refractivity contribution in [1.29, 1.82) is 0 Å². The number of nitrogens with one attached hydrogen (secondary N) is 2. The van der Waals surface area contributed by atoms with E-state index in [1.54, 1.807) is 37.7 Å². The van der Waals surface area contributed by atoms with Gasteiger partial charge in [0.2, 0.25) is 0 Å². The summed E-state index contributed by atoms with van der Waals surface area (Å²) in [6, 6.07) is 9.67. The fourth-order valence-electron chi connectivity index (χ4n) is 2.57. The summed E-state index contributed by atoms with van der Waals surface area (Å²) in [6.45, 7) is 5.88. The van der Waals surface area contributed by atoms with Gasteiger partial charge in [-0.25, -0.2) is 4.99 Å². The maximum absolute atomic E-state index is 10.5. The molecule has 27 heavy (non-hydrogen) atoms. The molecule has 6 nitrogen and oxygen atoms in total. The van der Waals surface area contributed by atoms with Crippen molar-refractivity contribution in [2.45, 2.75) is 32.9 Å². The third-order valence-electron chi connectivity index (χ3n) is 4.06. The third kappa shape index (κ3) is 6.15. The van der Waals surface area contributed by atoms with Gasteiger partial charge in [-0.2, -0.15) is 0 Å². The number of aryl methyl sites for hydroxylation is 1. The van der Waals surface area contributed by atoms with Gasteiger partial charge < -0.3 is 25.2 Å². The minimum Gasteiger partial charge on any atom is -0.493 e. The molecule has 1 aromatic heterocycles.